The third-order valence-corrected chi connectivity index (χ3v) is 5.41. The molecule has 2 unspecified atom stereocenters. The van der Waals surface area contributed by atoms with Crippen LogP contribution in [0.4, 0.5) is 0 Å². The number of carbonyl (C=O) groups is 2. The molecule has 0 saturated carbocycles. The van der Waals surface area contributed by atoms with Crippen molar-refractivity contribution < 1.29 is 14.3 Å². The molecule has 29 heavy (non-hydrogen) atoms. The van der Waals surface area contributed by atoms with Gasteiger partial charge in [0.1, 0.15) is 11.8 Å². The molecule has 3 rings (SSSR count). The number of benzene rings is 2. The summed E-state index contributed by atoms with van der Waals surface area (Å²) in [4.78, 5) is 29.5. The Kier molecular flexibility index (Phi) is 6.88. The molecule has 2 aromatic rings. The molecule has 1 aliphatic rings. The first kappa shape index (κ1) is 20.9. The monoisotopic (exact) mass is 395 g/mol. The van der Waals surface area contributed by atoms with Crippen LogP contribution in [0.3, 0.4) is 0 Å². The Hall–Kier alpha value is -2.86. The molecule has 1 saturated heterocycles. The molecule has 2 atom stereocenters. The molecule has 2 amide bonds. The molecule has 1 N–H and O–H groups in total. The highest BCUT2D eigenvalue weighted by molar-refractivity contribution is 5.97. The molecule has 154 valence electrons. The highest BCUT2D eigenvalue weighted by atomic mass is 16.5. The third kappa shape index (κ3) is 4.95. The van der Waals surface area contributed by atoms with Gasteiger partial charge in [-0.2, -0.15) is 0 Å². The fourth-order valence-corrected chi connectivity index (χ4v) is 3.79. The van der Waals surface area contributed by atoms with Crippen molar-refractivity contribution in [3.8, 4) is 5.75 Å². The standard InChI is InChI=1S/C23H29N3O3/c1-25(2)21(18-11-7-12-19(15-18)29-3)16-24-22(27)20-13-8-14-26(20)23(28)17-9-5-4-6-10-17/h4-7,9-12,15,20-21H,8,13-14,16H2,1-3H3,(H,24,27). The summed E-state index contributed by atoms with van der Waals surface area (Å²) in [5.74, 6) is 0.609. The van der Waals surface area contributed by atoms with Crippen molar-refractivity contribution in [3.63, 3.8) is 0 Å². The number of hydrogen-bond acceptors (Lipinski definition) is 4. The molecule has 1 aliphatic heterocycles. The Morgan fingerprint density at radius 2 is 1.93 bits per heavy atom. The number of nitrogens with one attached hydrogen (secondary N) is 1. The van der Waals surface area contributed by atoms with Gasteiger partial charge in [0.15, 0.2) is 0 Å². The predicted molar refractivity (Wildman–Crippen MR) is 113 cm³/mol. The summed E-state index contributed by atoms with van der Waals surface area (Å²) in [7, 11) is 5.61. The average Bonchev–Trinajstić information content (AvgIpc) is 3.24. The van der Waals surface area contributed by atoms with E-state index < -0.39 is 6.04 Å². The number of ether oxygens (including phenoxy) is 1. The van der Waals surface area contributed by atoms with Crippen molar-refractivity contribution >= 4 is 11.8 Å². The van der Waals surface area contributed by atoms with Gasteiger partial charge in [-0.25, -0.2) is 0 Å². The van der Waals surface area contributed by atoms with Crippen LogP contribution in [0.25, 0.3) is 0 Å². The molecule has 1 fully saturated rings. The molecular formula is C23H29N3O3. The van der Waals surface area contributed by atoms with E-state index in [1.807, 2.05) is 56.6 Å². The van der Waals surface area contributed by atoms with Crippen LogP contribution in [0.5, 0.6) is 5.75 Å². The highest BCUT2D eigenvalue weighted by Gasteiger charge is 2.34. The molecule has 6 nitrogen and oxygen atoms in total. The molecule has 0 spiro atoms. The summed E-state index contributed by atoms with van der Waals surface area (Å²) in [5.41, 5.74) is 1.69. The van der Waals surface area contributed by atoms with Crippen LogP contribution in [0, 0.1) is 0 Å². The summed E-state index contributed by atoms with van der Waals surface area (Å²) in [6.07, 6.45) is 1.53. The quantitative estimate of drug-likeness (QED) is 0.783. The van der Waals surface area contributed by atoms with Gasteiger partial charge in [0, 0.05) is 18.7 Å². The summed E-state index contributed by atoms with van der Waals surface area (Å²) in [6, 6.07) is 16.6. The van der Waals surface area contributed by atoms with E-state index in [4.69, 9.17) is 4.74 Å². The van der Waals surface area contributed by atoms with Gasteiger partial charge in [-0.05, 0) is 56.8 Å². The van der Waals surface area contributed by atoms with E-state index in [2.05, 4.69) is 10.2 Å². The van der Waals surface area contributed by atoms with E-state index in [0.29, 0.717) is 25.1 Å². The summed E-state index contributed by atoms with van der Waals surface area (Å²) >= 11 is 0. The molecule has 0 aliphatic carbocycles. The lowest BCUT2D eigenvalue weighted by Crippen LogP contribution is -2.47. The Bertz CT molecular complexity index is 838. The topological polar surface area (TPSA) is 61.9 Å². The lowest BCUT2D eigenvalue weighted by molar-refractivity contribution is -0.125. The zero-order valence-corrected chi connectivity index (χ0v) is 17.3. The van der Waals surface area contributed by atoms with Crippen molar-refractivity contribution in [2.24, 2.45) is 0 Å². The Morgan fingerprint density at radius 1 is 1.17 bits per heavy atom. The zero-order chi connectivity index (χ0) is 20.8. The number of amides is 2. The minimum absolute atomic E-state index is 0.00808. The van der Waals surface area contributed by atoms with Crippen molar-refractivity contribution in [2.45, 2.75) is 24.9 Å². The largest absolute Gasteiger partial charge is 0.497 e. The van der Waals surface area contributed by atoms with Crippen molar-refractivity contribution in [3.05, 3.63) is 65.7 Å². The number of carbonyl (C=O) groups excluding carboxylic acids is 2. The fourth-order valence-electron chi connectivity index (χ4n) is 3.79. The van der Waals surface area contributed by atoms with E-state index in [9.17, 15) is 9.59 Å². The van der Waals surface area contributed by atoms with Crippen LogP contribution >= 0.6 is 0 Å². The van der Waals surface area contributed by atoms with Crippen molar-refractivity contribution in [2.75, 3.05) is 34.3 Å². The lowest BCUT2D eigenvalue weighted by atomic mass is 10.1. The zero-order valence-electron chi connectivity index (χ0n) is 17.3. The second-order valence-electron chi connectivity index (χ2n) is 7.52. The normalized spacial score (nSPS) is 17.2. The molecule has 1 heterocycles. The molecule has 0 bridgehead atoms. The number of likely N-dealkylation sites (tertiary alicyclic amines) is 1. The van der Waals surface area contributed by atoms with Crippen molar-refractivity contribution in [1.82, 2.24) is 15.1 Å². The van der Waals surface area contributed by atoms with Gasteiger partial charge in [0.25, 0.3) is 5.91 Å². The Morgan fingerprint density at radius 3 is 2.62 bits per heavy atom. The first-order valence-corrected chi connectivity index (χ1v) is 9.95. The summed E-state index contributed by atoms with van der Waals surface area (Å²) in [5, 5.41) is 3.06. The molecule has 0 aromatic heterocycles. The van der Waals surface area contributed by atoms with Crippen LogP contribution in [-0.4, -0.2) is 62.0 Å². The van der Waals surface area contributed by atoms with Gasteiger partial charge < -0.3 is 19.9 Å². The van der Waals surface area contributed by atoms with Crippen LogP contribution in [-0.2, 0) is 4.79 Å². The molecule has 6 heteroatoms. The van der Waals surface area contributed by atoms with Crippen LogP contribution in [0.15, 0.2) is 54.6 Å². The maximum Gasteiger partial charge on any atom is 0.254 e. The van der Waals surface area contributed by atoms with Crippen molar-refractivity contribution in [1.29, 1.82) is 0 Å². The Balaban J connectivity index is 1.67. The number of hydrogen-bond donors (Lipinski definition) is 1. The van der Waals surface area contributed by atoms with E-state index in [0.717, 1.165) is 17.7 Å². The first-order chi connectivity index (χ1) is 14.0. The highest BCUT2D eigenvalue weighted by Crippen LogP contribution is 2.23. The van der Waals surface area contributed by atoms with E-state index in [-0.39, 0.29) is 17.9 Å². The van der Waals surface area contributed by atoms with Gasteiger partial charge in [-0.1, -0.05) is 30.3 Å². The second-order valence-corrected chi connectivity index (χ2v) is 7.52. The van der Waals surface area contributed by atoms with Gasteiger partial charge >= 0.3 is 0 Å². The van der Waals surface area contributed by atoms with Crippen LogP contribution < -0.4 is 10.1 Å². The van der Waals surface area contributed by atoms with Gasteiger partial charge in [0.2, 0.25) is 5.91 Å². The van der Waals surface area contributed by atoms with Crippen LogP contribution in [0.1, 0.15) is 34.8 Å². The number of likely N-dealkylation sites (N-methyl/N-ethyl adjacent to an activating group) is 1. The van der Waals surface area contributed by atoms with E-state index in [1.54, 1.807) is 24.1 Å². The van der Waals surface area contributed by atoms with Gasteiger partial charge in [-0.15, -0.1) is 0 Å². The van der Waals surface area contributed by atoms with Gasteiger partial charge in [-0.3, -0.25) is 9.59 Å². The third-order valence-electron chi connectivity index (χ3n) is 5.41. The molecule has 2 aromatic carbocycles. The average molecular weight is 396 g/mol. The number of rotatable bonds is 7. The lowest BCUT2D eigenvalue weighted by Gasteiger charge is -2.28. The van der Waals surface area contributed by atoms with E-state index >= 15 is 0 Å². The molecule has 0 radical (unpaired) electrons. The number of methoxy groups -OCH3 is 1. The second kappa shape index (κ2) is 9.56. The molecular weight excluding hydrogens is 366 g/mol. The predicted octanol–water partition coefficient (Wildman–Crippen LogP) is 2.72. The SMILES string of the molecule is COc1cccc(C(CNC(=O)C2CCCN2C(=O)c2ccccc2)N(C)C)c1. The Labute approximate surface area is 172 Å². The number of nitrogens with zero attached hydrogens (tertiary/aromatic N) is 2. The first-order valence-electron chi connectivity index (χ1n) is 9.95. The summed E-state index contributed by atoms with van der Waals surface area (Å²) in [6.45, 7) is 1.07. The minimum atomic E-state index is -0.421. The van der Waals surface area contributed by atoms with Gasteiger partial charge in [0.05, 0.1) is 13.2 Å². The maximum absolute atomic E-state index is 12.9. The maximum atomic E-state index is 12.9. The fraction of sp³-hybridized carbons (Fsp3) is 0.391. The van der Waals surface area contributed by atoms with Crippen LogP contribution in [0.2, 0.25) is 0 Å². The summed E-state index contributed by atoms with van der Waals surface area (Å²) < 4.78 is 5.32. The van der Waals surface area contributed by atoms with E-state index in [1.165, 1.54) is 0 Å². The smallest absolute Gasteiger partial charge is 0.254 e. The minimum Gasteiger partial charge on any atom is -0.497 e.